The zero-order chi connectivity index (χ0) is 15.8. The van der Waals surface area contributed by atoms with E-state index >= 15 is 0 Å². The maximum atomic E-state index is 12.0. The van der Waals surface area contributed by atoms with E-state index in [-0.39, 0.29) is 18.4 Å². The van der Waals surface area contributed by atoms with E-state index in [4.69, 9.17) is 0 Å². The molecule has 0 unspecified atom stereocenters. The molecular formula is C17H25N3O2. The van der Waals surface area contributed by atoms with E-state index in [0.29, 0.717) is 12.1 Å². The number of hydrogen-bond donors (Lipinski definition) is 2. The van der Waals surface area contributed by atoms with Crippen molar-refractivity contribution in [3.05, 3.63) is 35.4 Å². The Morgan fingerprint density at radius 2 is 1.73 bits per heavy atom. The molecule has 1 saturated heterocycles. The van der Waals surface area contributed by atoms with Gasteiger partial charge >= 0.3 is 0 Å². The SMILES string of the molecule is CCNC(=O)CNC(=O)c1ccc(CN2CCCCC2)cc1. The highest BCUT2D eigenvalue weighted by Gasteiger charge is 2.11. The van der Waals surface area contributed by atoms with Crippen molar-refractivity contribution in [1.29, 1.82) is 0 Å². The molecule has 0 aromatic heterocycles. The summed E-state index contributed by atoms with van der Waals surface area (Å²) in [6.45, 7) is 5.70. The van der Waals surface area contributed by atoms with Crippen molar-refractivity contribution in [3.63, 3.8) is 0 Å². The Hall–Kier alpha value is -1.88. The lowest BCUT2D eigenvalue weighted by molar-refractivity contribution is -0.120. The van der Waals surface area contributed by atoms with Gasteiger partial charge in [0.25, 0.3) is 5.91 Å². The molecule has 1 aromatic carbocycles. The van der Waals surface area contributed by atoms with Crippen LogP contribution in [0.1, 0.15) is 42.1 Å². The van der Waals surface area contributed by atoms with Crippen LogP contribution in [0.15, 0.2) is 24.3 Å². The number of piperidine rings is 1. The summed E-state index contributed by atoms with van der Waals surface area (Å²) in [4.78, 5) is 25.7. The molecule has 1 heterocycles. The number of benzene rings is 1. The fourth-order valence-corrected chi connectivity index (χ4v) is 2.66. The molecule has 1 aromatic rings. The lowest BCUT2D eigenvalue weighted by Crippen LogP contribution is -2.36. The monoisotopic (exact) mass is 303 g/mol. The number of rotatable bonds is 6. The minimum Gasteiger partial charge on any atom is -0.355 e. The molecule has 2 N–H and O–H groups in total. The van der Waals surface area contributed by atoms with Gasteiger partial charge in [-0.05, 0) is 50.6 Å². The maximum absolute atomic E-state index is 12.0. The number of carbonyl (C=O) groups excluding carboxylic acids is 2. The second-order valence-corrected chi connectivity index (χ2v) is 5.67. The smallest absolute Gasteiger partial charge is 0.251 e. The van der Waals surface area contributed by atoms with Gasteiger partial charge in [0.1, 0.15) is 0 Å². The normalized spacial score (nSPS) is 15.3. The second-order valence-electron chi connectivity index (χ2n) is 5.67. The first-order chi connectivity index (χ1) is 10.7. The van der Waals surface area contributed by atoms with Crippen LogP contribution >= 0.6 is 0 Å². The fraction of sp³-hybridized carbons (Fsp3) is 0.529. The summed E-state index contributed by atoms with van der Waals surface area (Å²) in [6.07, 6.45) is 3.89. The third-order valence-corrected chi connectivity index (χ3v) is 3.85. The molecule has 120 valence electrons. The number of likely N-dealkylation sites (tertiary alicyclic amines) is 1. The summed E-state index contributed by atoms with van der Waals surface area (Å²) in [6, 6.07) is 7.64. The Labute approximate surface area is 132 Å². The van der Waals surface area contributed by atoms with Crippen molar-refractivity contribution in [2.75, 3.05) is 26.2 Å². The zero-order valence-electron chi connectivity index (χ0n) is 13.2. The minimum absolute atomic E-state index is 0.0161. The number of hydrogen-bond acceptors (Lipinski definition) is 3. The molecule has 0 spiro atoms. The fourth-order valence-electron chi connectivity index (χ4n) is 2.66. The standard InChI is InChI=1S/C17H25N3O2/c1-2-18-16(21)12-19-17(22)15-8-6-14(7-9-15)13-20-10-4-3-5-11-20/h6-9H,2-5,10-13H2,1H3,(H,18,21)(H,19,22). The summed E-state index contributed by atoms with van der Waals surface area (Å²) in [7, 11) is 0. The van der Waals surface area contributed by atoms with E-state index < -0.39 is 0 Å². The molecule has 0 saturated carbocycles. The van der Waals surface area contributed by atoms with Crippen molar-refractivity contribution < 1.29 is 9.59 Å². The number of likely N-dealkylation sites (N-methyl/N-ethyl adjacent to an activating group) is 1. The summed E-state index contributed by atoms with van der Waals surface area (Å²) in [5, 5.41) is 5.27. The van der Waals surface area contributed by atoms with E-state index in [1.54, 1.807) is 0 Å². The molecule has 22 heavy (non-hydrogen) atoms. The molecule has 5 nitrogen and oxygen atoms in total. The largest absolute Gasteiger partial charge is 0.355 e. The molecule has 0 bridgehead atoms. The second kappa shape index (κ2) is 8.54. The molecule has 2 amide bonds. The summed E-state index contributed by atoms with van der Waals surface area (Å²) >= 11 is 0. The predicted octanol–water partition coefficient (Wildman–Crippen LogP) is 1.54. The van der Waals surface area contributed by atoms with Crippen molar-refractivity contribution >= 4 is 11.8 Å². The first-order valence-corrected chi connectivity index (χ1v) is 8.05. The van der Waals surface area contributed by atoms with Gasteiger partial charge in [-0.25, -0.2) is 0 Å². The number of amides is 2. The number of nitrogens with zero attached hydrogens (tertiary/aromatic N) is 1. The van der Waals surface area contributed by atoms with Crippen molar-refractivity contribution in [3.8, 4) is 0 Å². The lowest BCUT2D eigenvalue weighted by atomic mass is 10.1. The summed E-state index contributed by atoms with van der Waals surface area (Å²) in [5.74, 6) is -0.381. The van der Waals surface area contributed by atoms with Crippen molar-refractivity contribution in [2.24, 2.45) is 0 Å². The van der Waals surface area contributed by atoms with Gasteiger partial charge in [-0.2, -0.15) is 0 Å². The lowest BCUT2D eigenvalue weighted by Gasteiger charge is -2.26. The van der Waals surface area contributed by atoms with Crippen LogP contribution in [-0.2, 0) is 11.3 Å². The molecule has 0 aliphatic carbocycles. The van der Waals surface area contributed by atoms with E-state index in [0.717, 1.165) is 19.6 Å². The van der Waals surface area contributed by atoms with Gasteiger partial charge in [-0.15, -0.1) is 0 Å². The molecule has 0 radical (unpaired) electrons. The first-order valence-electron chi connectivity index (χ1n) is 8.05. The molecule has 1 aliphatic rings. The Balaban J connectivity index is 1.82. The predicted molar refractivity (Wildman–Crippen MR) is 86.6 cm³/mol. The Morgan fingerprint density at radius 3 is 2.36 bits per heavy atom. The van der Waals surface area contributed by atoms with Gasteiger partial charge < -0.3 is 10.6 Å². The average molecular weight is 303 g/mol. The van der Waals surface area contributed by atoms with Crippen LogP contribution in [0.2, 0.25) is 0 Å². The van der Waals surface area contributed by atoms with Gasteiger partial charge in [-0.3, -0.25) is 14.5 Å². The third kappa shape index (κ3) is 5.15. The van der Waals surface area contributed by atoms with E-state index in [9.17, 15) is 9.59 Å². The molecule has 0 atom stereocenters. The molecule has 1 aliphatic heterocycles. The average Bonchev–Trinajstić information content (AvgIpc) is 2.54. The number of nitrogens with one attached hydrogen (secondary N) is 2. The highest BCUT2D eigenvalue weighted by Crippen LogP contribution is 2.13. The van der Waals surface area contributed by atoms with Crippen LogP contribution < -0.4 is 10.6 Å². The van der Waals surface area contributed by atoms with Gasteiger partial charge in [0, 0.05) is 18.7 Å². The highest BCUT2D eigenvalue weighted by molar-refractivity contribution is 5.96. The van der Waals surface area contributed by atoms with Crippen LogP contribution in [0.5, 0.6) is 0 Å². The van der Waals surface area contributed by atoms with Crippen LogP contribution in [0, 0.1) is 0 Å². The van der Waals surface area contributed by atoms with E-state index in [2.05, 4.69) is 15.5 Å². The third-order valence-electron chi connectivity index (χ3n) is 3.85. The number of carbonyl (C=O) groups is 2. The Kier molecular flexibility index (Phi) is 6.40. The van der Waals surface area contributed by atoms with Crippen molar-refractivity contribution in [1.82, 2.24) is 15.5 Å². The molecular weight excluding hydrogens is 278 g/mol. The van der Waals surface area contributed by atoms with Crippen molar-refractivity contribution in [2.45, 2.75) is 32.7 Å². The molecule has 5 heteroatoms. The highest BCUT2D eigenvalue weighted by atomic mass is 16.2. The summed E-state index contributed by atoms with van der Waals surface area (Å²) in [5.41, 5.74) is 1.81. The summed E-state index contributed by atoms with van der Waals surface area (Å²) < 4.78 is 0. The topological polar surface area (TPSA) is 61.4 Å². The first kappa shape index (κ1) is 16.5. The molecule has 1 fully saturated rings. The van der Waals surface area contributed by atoms with Gasteiger partial charge in [0.15, 0.2) is 0 Å². The zero-order valence-corrected chi connectivity index (χ0v) is 13.2. The minimum atomic E-state index is -0.212. The molecule has 2 rings (SSSR count). The van der Waals surface area contributed by atoms with Crippen LogP contribution in [-0.4, -0.2) is 42.9 Å². The maximum Gasteiger partial charge on any atom is 0.251 e. The Morgan fingerprint density at radius 1 is 1.05 bits per heavy atom. The van der Waals surface area contributed by atoms with Gasteiger partial charge in [-0.1, -0.05) is 18.6 Å². The van der Waals surface area contributed by atoms with Gasteiger partial charge in [0.05, 0.1) is 6.54 Å². The van der Waals surface area contributed by atoms with Gasteiger partial charge in [0.2, 0.25) is 5.91 Å². The van der Waals surface area contributed by atoms with Crippen LogP contribution in [0.4, 0.5) is 0 Å². The van der Waals surface area contributed by atoms with E-state index in [1.165, 1.54) is 24.8 Å². The van der Waals surface area contributed by atoms with Crippen LogP contribution in [0.3, 0.4) is 0 Å². The quantitative estimate of drug-likeness (QED) is 0.838. The van der Waals surface area contributed by atoms with E-state index in [1.807, 2.05) is 31.2 Å². The van der Waals surface area contributed by atoms with Crippen LogP contribution in [0.25, 0.3) is 0 Å². The Bertz CT molecular complexity index is 493.